The molecule has 2 unspecified atom stereocenters. The highest BCUT2D eigenvalue weighted by molar-refractivity contribution is 6.48. The second kappa shape index (κ2) is 7.10. The second-order valence-corrected chi connectivity index (χ2v) is 7.95. The van der Waals surface area contributed by atoms with Crippen LogP contribution < -0.4 is 16.0 Å². The van der Waals surface area contributed by atoms with Gasteiger partial charge in [0, 0.05) is 41.5 Å². The number of anilines is 1. The fraction of sp³-hybridized carbons (Fsp3) is 0.333. The molecule has 2 atom stereocenters. The summed E-state index contributed by atoms with van der Waals surface area (Å²) in [6.45, 7) is 1.91. The molecule has 3 aromatic rings. The van der Waals surface area contributed by atoms with Crippen molar-refractivity contribution in [1.29, 1.82) is 0 Å². The highest BCUT2D eigenvalue weighted by Gasteiger charge is 2.32. The van der Waals surface area contributed by atoms with Crippen LogP contribution in [0.2, 0.25) is 0 Å². The van der Waals surface area contributed by atoms with Crippen LogP contribution in [0.15, 0.2) is 36.5 Å². The van der Waals surface area contributed by atoms with E-state index in [9.17, 15) is 14.4 Å². The number of Topliss-reactive ketones (excluding diaryl/α,β-unsaturated/α-hetero) is 1. The average Bonchev–Trinajstić information content (AvgIpc) is 3.34. The maximum Gasteiger partial charge on any atom is 0.297 e. The monoisotopic (exact) mass is 406 g/mol. The molecular weight excluding hydrogens is 384 g/mol. The van der Waals surface area contributed by atoms with E-state index < -0.39 is 18.0 Å². The topological polar surface area (TPSA) is 121 Å². The number of aromatic nitrogens is 3. The van der Waals surface area contributed by atoms with Crippen molar-refractivity contribution in [1.82, 2.24) is 25.4 Å². The molecule has 0 bridgehead atoms. The van der Waals surface area contributed by atoms with Gasteiger partial charge in [-0.3, -0.25) is 19.7 Å². The van der Waals surface area contributed by atoms with Crippen molar-refractivity contribution in [2.24, 2.45) is 0 Å². The quantitative estimate of drug-likeness (QED) is 0.382. The predicted molar refractivity (Wildman–Crippen MR) is 110 cm³/mol. The van der Waals surface area contributed by atoms with Crippen molar-refractivity contribution in [3.63, 3.8) is 0 Å². The average molecular weight is 406 g/mol. The molecule has 4 N–H and O–H groups in total. The zero-order valence-electron chi connectivity index (χ0n) is 16.4. The van der Waals surface area contributed by atoms with Gasteiger partial charge in [-0.1, -0.05) is 18.2 Å². The van der Waals surface area contributed by atoms with Crippen LogP contribution >= 0.6 is 0 Å². The number of fused-ring (bicyclic) bond motifs is 1. The fourth-order valence-corrected chi connectivity index (χ4v) is 3.83. The van der Waals surface area contributed by atoms with Gasteiger partial charge in [0.2, 0.25) is 5.91 Å². The minimum atomic E-state index is -0.751. The van der Waals surface area contributed by atoms with Crippen molar-refractivity contribution >= 4 is 34.3 Å². The molecule has 1 saturated heterocycles. The van der Waals surface area contributed by atoms with Crippen LogP contribution in [-0.2, 0) is 9.59 Å². The van der Waals surface area contributed by atoms with Gasteiger partial charge in [-0.25, -0.2) is 4.68 Å². The maximum absolute atomic E-state index is 12.8. The number of carbonyl (C=O) groups excluding carboxylic acids is 3. The highest BCUT2D eigenvalue weighted by Crippen LogP contribution is 2.40. The molecule has 0 radical (unpaired) electrons. The Labute approximate surface area is 172 Å². The highest BCUT2D eigenvalue weighted by atomic mass is 16.2. The molecule has 30 heavy (non-hydrogen) atoms. The number of para-hydroxylation sites is 1. The number of carbonyl (C=O) groups is 3. The lowest BCUT2D eigenvalue weighted by molar-refractivity contribution is -0.125. The zero-order chi connectivity index (χ0) is 20.8. The lowest BCUT2D eigenvalue weighted by Crippen LogP contribution is -2.52. The van der Waals surface area contributed by atoms with Gasteiger partial charge in [-0.2, -0.15) is 5.10 Å². The van der Waals surface area contributed by atoms with Crippen LogP contribution in [0, 0.1) is 0 Å². The number of benzene rings is 1. The lowest BCUT2D eigenvalue weighted by atomic mass is 10.1. The number of hydrogen-bond acceptors (Lipinski definition) is 5. The summed E-state index contributed by atoms with van der Waals surface area (Å²) in [7, 11) is 0. The van der Waals surface area contributed by atoms with Crippen molar-refractivity contribution in [2.75, 3.05) is 5.32 Å². The standard InChI is InChI=1S/C21H22N6O3/c1-11-8-18(28)25-21(23-11)27-17(9-16(26-27)12-6-7-12)24-20(30)19(29)14-10-22-15-5-3-2-4-13(14)15/h2-5,9-12,21-23H,6-8H2,1H3,(H,24,30)(H,25,28). The second-order valence-electron chi connectivity index (χ2n) is 7.95. The summed E-state index contributed by atoms with van der Waals surface area (Å²) < 4.78 is 1.54. The summed E-state index contributed by atoms with van der Waals surface area (Å²) >= 11 is 0. The Morgan fingerprint density at radius 1 is 1.23 bits per heavy atom. The van der Waals surface area contributed by atoms with E-state index in [4.69, 9.17) is 0 Å². The van der Waals surface area contributed by atoms with E-state index in [0.29, 0.717) is 29.1 Å². The summed E-state index contributed by atoms with van der Waals surface area (Å²) in [5, 5.41) is 14.1. The maximum atomic E-state index is 12.8. The number of nitrogens with zero attached hydrogens (tertiary/aromatic N) is 2. The predicted octanol–water partition coefficient (Wildman–Crippen LogP) is 2.02. The van der Waals surface area contributed by atoms with E-state index in [0.717, 1.165) is 24.1 Å². The molecule has 0 spiro atoms. The Hall–Kier alpha value is -3.46. The Balaban J connectivity index is 1.43. The number of hydrogen-bond donors (Lipinski definition) is 4. The van der Waals surface area contributed by atoms with Gasteiger partial charge in [0.1, 0.15) is 5.82 Å². The Morgan fingerprint density at radius 2 is 2.03 bits per heavy atom. The van der Waals surface area contributed by atoms with Gasteiger partial charge in [0.15, 0.2) is 6.29 Å². The van der Waals surface area contributed by atoms with E-state index in [1.165, 1.54) is 0 Å². The normalized spacial score (nSPS) is 21.4. The van der Waals surface area contributed by atoms with E-state index in [2.05, 4.69) is 26.0 Å². The molecule has 1 aromatic carbocycles. The van der Waals surface area contributed by atoms with Crippen molar-refractivity contribution < 1.29 is 14.4 Å². The molecule has 9 nitrogen and oxygen atoms in total. The van der Waals surface area contributed by atoms with Gasteiger partial charge in [-0.15, -0.1) is 0 Å². The van der Waals surface area contributed by atoms with Gasteiger partial charge < -0.3 is 15.6 Å². The third-order valence-electron chi connectivity index (χ3n) is 5.51. The molecule has 2 aliphatic rings. The molecule has 9 heteroatoms. The molecular formula is C21H22N6O3. The molecule has 1 aliphatic carbocycles. The van der Waals surface area contributed by atoms with Crippen LogP contribution in [0.1, 0.15) is 54.4 Å². The summed E-state index contributed by atoms with van der Waals surface area (Å²) in [6.07, 6.45) is 3.41. The first-order valence-electron chi connectivity index (χ1n) is 10.1. The van der Waals surface area contributed by atoms with E-state index in [1.54, 1.807) is 23.0 Å². The molecule has 1 aliphatic heterocycles. The van der Waals surface area contributed by atoms with Crippen LogP contribution in [0.3, 0.4) is 0 Å². The molecule has 2 aromatic heterocycles. The number of rotatable bonds is 5. The summed E-state index contributed by atoms with van der Waals surface area (Å²) in [5.74, 6) is -0.757. The Morgan fingerprint density at radius 3 is 2.80 bits per heavy atom. The smallest absolute Gasteiger partial charge is 0.297 e. The minimum absolute atomic E-state index is 0.0336. The number of aromatic amines is 1. The minimum Gasteiger partial charge on any atom is -0.360 e. The van der Waals surface area contributed by atoms with Crippen molar-refractivity contribution in [3.8, 4) is 0 Å². The van der Waals surface area contributed by atoms with Gasteiger partial charge >= 0.3 is 0 Å². The summed E-state index contributed by atoms with van der Waals surface area (Å²) in [6, 6.07) is 9.07. The third kappa shape index (κ3) is 3.37. The number of ketones is 1. The third-order valence-corrected chi connectivity index (χ3v) is 5.51. The van der Waals surface area contributed by atoms with Crippen LogP contribution in [-0.4, -0.2) is 38.4 Å². The first-order valence-corrected chi connectivity index (χ1v) is 10.1. The van der Waals surface area contributed by atoms with E-state index in [1.807, 2.05) is 25.1 Å². The number of amides is 2. The first-order chi connectivity index (χ1) is 14.5. The molecule has 154 valence electrons. The zero-order valence-corrected chi connectivity index (χ0v) is 16.4. The first kappa shape index (κ1) is 18.6. The SMILES string of the molecule is CC1CC(=O)NC(n2nc(C3CC3)cc2NC(=O)C(=O)c2c[nH]c3ccccc23)N1. The van der Waals surface area contributed by atoms with Crippen molar-refractivity contribution in [2.45, 2.75) is 44.4 Å². The van der Waals surface area contributed by atoms with Crippen LogP contribution in [0.4, 0.5) is 5.82 Å². The molecule has 2 fully saturated rings. The van der Waals surface area contributed by atoms with Gasteiger partial charge in [-0.05, 0) is 25.8 Å². The molecule has 2 amide bonds. The molecule has 3 heterocycles. The number of H-pyrrole nitrogens is 1. The molecule has 1 saturated carbocycles. The van der Waals surface area contributed by atoms with Crippen molar-refractivity contribution in [3.05, 3.63) is 47.8 Å². The van der Waals surface area contributed by atoms with Crippen LogP contribution in [0.25, 0.3) is 10.9 Å². The summed E-state index contributed by atoms with van der Waals surface area (Å²) in [4.78, 5) is 40.6. The summed E-state index contributed by atoms with van der Waals surface area (Å²) in [5.41, 5.74) is 1.95. The lowest BCUT2D eigenvalue weighted by Gasteiger charge is -2.30. The fourth-order valence-electron chi connectivity index (χ4n) is 3.83. The van der Waals surface area contributed by atoms with Gasteiger partial charge in [0.05, 0.1) is 11.3 Å². The van der Waals surface area contributed by atoms with E-state index in [-0.39, 0.29) is 11.9 Å². The van der Waals surface area contributed by atoms with Gasteiger partial charge in [0.25, 0.3) is 11.7 Å². The Kier molecular flexibility index (Phi) is 4.39. The largest absolute Gasteiger partial charge is 0.360 e. The molecule has 5 rings (SSSR count). The van der Waals surface area contributed by atoms with Crippen LogP contribution in [0.5, 0.6) is 0 Å². The Bertz CT molecular complexity index is 1160. The number of nitrogens with one attached hydrogen (secondary N) is 4. The van der Waals surface area contributed by atoms with E-state index >= 15 is 0 Å².